The molecule has 1 saturated heterocycles. The highest BCUT2D eigenvalue weighted by atomic mass is 32.2. The molecule has 1 atom stereocenters. The van der Waals surface area contributed by atoms with Crippen LogP contribution in [-0.2, 0) is 14.6 Å². The summed E-state index contributed by atoms with van der Waals surface area (Å²) in [5.41, 5.74) is 0.705. The zero-order valence-electron chi connectivity index (χ0n) is 10.9. The molecule has 1 aliphatic heterocycles. The maximum absolute atomic E-state index is 12.4. The fraction of sp³-hybridized carbons (Fsp3) is 0.538. The first-order valence-corrected chi connectivity index (χ1v) is 8.02. The number of ether oxygens (including phenoxy) is 1. The molecule has 1 unspecified atom stereocenters. The topological polar surface area (TPSA) is 55.4 Å². The van der Waals surface area contributed by atoms with Crippen molar-refractivity contribution in [3.8, 4) is 0 Å². The summed E-state index contributed by atoms with van der Waals surface area (Å²) >= 11 is 0. The van der Waals surface area contributed by atoms with Crippen LogP contribution in [0.4, 0.5) is 14.5 Å². The minimum atomic E-state index is -4.51. The monoisotopic (exact) mass is 305 g/mol. The van der Waals surface area contributed by atoms with E-state index in [1.807, 2.05) is 0 Å². The summed E-state index contributed by atoms with van der Waals surface area (Å²) in [7, 11) is -4.51. The number of rotatable bonds is 6. The Morgan fingerprint density at radius 1 is 1.30 bits per heavy atom. The van der Waals surface area contributed by atoms with Crippen LogP contribution in [0.3, 0.4) is 0 Å². The van der Waals surface area contributed by atoms with Crippen LogP contribution in [-0.4, -0.2) is 33.4 Å². The van der Waals surface area contributed by atoms with Gasteiger partial charge in [-0.1, -0.05) is 0 Å². The molecular formula is C13H17F2NO3S. The Hall–Kier alpha value is -1.21. The molecule has 0 spiro atoms. The molecule has 7 heteroatoms. The third-order valence-electron chi connectivity index (χ3n) is 3.24. The smallest absolute Gasteiger partial charge is 0.341 e. The molecule has 1 aromatic rings. The van der Waals surface area contributed by atoms with Gasteiger partial charge < -0.3 is 10.1 Å². The highest BCUT2D eigenvalue weighted by molar-refractivity contribution is 7.91. The van der Waals surface area contributed by atoms with Gasteiger partial charge in [0.25, 0.3) is 0 Å². The number of benzene rings is 1. The molecule has 1 aromatic carbocycles. The summed E-state index contributed by atoms with van der Waals surface area (Å²) in [6.45, 7) is 1.51. The van der Waals surface area contributed by atoms with Crippen LogP contribution < -0.4 is 5.32 Å². The first kappa shape index (κ1) is 15.2. The molecule has 0 radical (unpaired) electrons. The molecule has 0 aliphatic carbocycles. The van der Waals surface area contributed by atoms with E-state index in [9.17, 15) is 17.2 Å². The van der Waals surface area contributed by atoms with Crippen LogP contribution >= 0.6 is 0 Å². The molecular weight excluding hydrogens is 288 g/mol. The quantitative estimate of drug-likeness (QED) is 0.878. The Morgan fingerprint density at radius 2 is 2.00 bits per heavy atom. The zero-order chi connectivity index (χ0) is 14.6. The zero-order valence-corrected chi connectivity index (χ0v) is 11.7. The highest BCUT2D eigenvalue weighted by Gasteiger charge is 2.26. The van der Waals surface area contributed by atoms with Crippen molar-refractivity contribution in [2.24, 2.45) is 0 Å². The third kappa shape index (κ3) is 3.67. The van der Waals surface area contributed by atoms with Gasteiger partial charge in [-0.25, -0.2) is 8.42 Å². The van der Waals surface area contributed by atoms with Gasteiger partial charge in [0, 0.05) is 18.8 Å². The van der Waals surface area contributed by atoms with Gasteiger partial charge in [-0.05, 0) is 43.5 Å². The van der Waals surface area contributed by atoms with Crippen molar-refractivity contribution in [3.63, 3.8) is 0 Å². The Labute approximate surface area is 117 Å². The number of alkyl halides is 2. The van der Waals surface area contributed by atoms with Crippen molar-refractivity contribution in [1.82, 2.24) is 0 Å². The average Bonchev–Trinajstić information content (AvgIpc) is 2.92. The number of sulfone groups is 1. The molecule has 1 fully saturated rings. The molecule has 2 rings (SSSR count). The predicted octanol–water partition coefficient (Wildman–Crippen LogP) is 2.66. The summed E-state index contributed by atoms with van der Waals surface area (Å²) in [6.07, 6.45) is 3.30. The third-order valence-corrected chi connectivity index (χ3v) is 4.64. The summed E-state index contributed by atoms with van der Waals surface area (Å²) in [5, 5.41) is 3.12. The second-order valence-electron chi connectivity index (χ2n) is 4.68. The second-order valence-corrected chi connectivity index (χ2v) is 6.60. The van der Waals surface area contributed by atoms with Gasteiger partial charge in [0.2, 0.25) is 9.84 Å². The van der Waals surface area contributed by atoms with Gasteiger partial charge in [0.05, 0.1) is 11.0 Å². The van der Waals surface area contributed by atoms with E-state index in [0.717, 1.165) is 25.9 Å². The van der Waals surface area contributed by atoms with Gasteiger partial charge in [-0.15, -0.1) is 0 Å². The molecule has 1 aliphatic rings. The minimum absolute atomic E-state index is 0.279. The summed E-state index contributed by atoms with van der Waals surface area (Å²) < 4.78 is 52.7. The van der Waals surface area contributed by atoms with Crippen molar-refractivity contribution < 1.29 is 21.9 Å². The average molecular weight is 305 g/mol. The van der Waals surface area contributed by atoms with Gasteiger partial charge in [-0.2, -0.15) is 8.78 Å². The lowest BCUT2D eigenvalue weighted by molar-refractivity contribution is 0.107. The van der Waals surface area contributed by atoms with Crippen LogP contribution in [0.2, 0.25) is 0 Å². The number of hydrogen-bond acceptors (Lipinski definition) is 4. The van der Waals surface area contributed by atoms with Crippen molar-refractivity contribution >= 4 is 15.5 Å². The molecule has 0 aromatic heterocycles. The Morgan fingerprint density at radius 3 is 2.55 bits per heavy atom. The van der Waals surface area contributed by atoms with E-state index < -0.39 is 15.6 Å². The predicted molar refractivity (Wildman–Crippen MR) is 71.7 cm³/mol. The molecule has 20 heavy (non-hydrogen) atoms. The van der Waals surface area contributed by atoms with Gasteiger partial charge >= 0.3 is 5.76 Å². The van der Waals surface area contributed by atoms with Gasteiger partial charge in [0.15, 0.2) is 0 Å². The number of nitrogens with one attached hydrogen (secondary N) is 1. The van der Waals surface area contributed by atoms with E-state index in [0.29, 0.717) is 12.2 Å². The van der Waals surface area contributed by atoms with E-state index in [-0.39, 0.29) is 11.0 Å². The molecule has 0 amide bonds. The maximum Gasteiger partial charge on any atom is 0.341 e. The molecule has 0 bridgehead atoms. The maximum atomic E-state index is 12.4. The summed E-state index contributed by atoms with van der Waals surface area (Å²) in [5.74, 6) is -3.39. The van der Waals surface area contributed by atoms with Crippen LogP contribution in [0.15, 0.2) is 29.2 Å². The van der Waals surface area contributed by atoms with E-state index in [1.54, 1.807) is 0 Å². The van der Waals surface area contributed by atoms with Crippen LogP contribution in [0.1, 0.15) is 19.3 Å². The fourth-order valence-electron chi connectivity index (χ4n) is 2.11. The van der Waals surface area contributed by atoms with E-state index in [1.165, 1.54) is 24.3 Å². The van der Waals surface area contributed by atoms with E-state index >= 15 is 0 Å². The summed E-state index contributed by atoms with van der Waals surface area (Å²) in [4.78, 5) is -0.364. The van der Waals surface area contributed by atoms with Crippen molar-refractivity contribution in [3.05, 3.63) is 24.3 Å². The lowest BCUT2D eigenvalue weighted by atomic mass is 10.2. The number of hydrogen-bond donors (Lipinski definition) is 1. The van der Waals surface area contributed by atoms with Crippen LogP contribution in [0, 0.1) is 0 Å². The number of anilines is 1. The molecule has 4 nitrogen and oxygen atoms in total. The van der Waals surface area contributed by atoms with Crippen molar-refractivity contribution in [2.75, 3.05) is 18.5 Å². The van der Waals surface area contributed by atoms with Crippen LogP contribution in [0.5, 0.6) is 0 Å². The minimum Gasteiger partial charge on any atom is -0.385 e. The molecule has 1 heterocycles. The lowest BCUT2D eigenvalue weighted by Gasteiger charge is -2.11. The Balaban J connectivity index is 1.88. The van der Waals surface area contributed by atoms with Crippen molar-refractivity contribution in [2.45, 2.75) is 36.0 Å². The van der Waals surface area contributed by atoms with E-state index in [4.69, 9.17) is 4.74 Å². The van der Waals surface area contributed by atoms with Gasteiger partial charge in [-0.3, -0.25) is 0 Å². The first-order valence-electron chi connectivity index (χ1n) is 6.48. The Bertz CT molecular complexity index is 525. The lowest BCUT2D eigenvalue weighted by Crippen LogP contribution is -2.13. The van der Waals surface area contributed by atoms with Crippen molar-refractivity contribution in [1.29, 1.82) is 0 Å². The Kier molecular flexibility index (Phi) is 4.93. The molecule has 1 N–H and O–H groups in total. The standard InChI is InChI=1S/C13H17F2NO3S/c14-13(15)20(17,18)12-5-3-10(4-6-12)16-8-7-11-2-1-9-19-11/h3-6,11,13,16H,1-2,7-9H2. The normalized spacial score (nSPS) is 19.4. The highest BCUT2D eigenvalue weighted by Crippen LogP contribution is 2.20. The largest absolute Gasteiger partial charge is 0.385 e. The van der Waals surface area contributed by atoms with Gasteiger partial charge in [0.1, 0.15) is 0 Å². The van der Waals surface area contributed by atoms with Crippen LogP contribution in [0.25, 0.3) is 0 Å². The fourth-order valence-corrected chi connectivity index (χ4v) is 2.84. The molecule has 112 valence electrons. The summed E-state index contributed by atoms with van der Waals surface area (Å²) in [6, 6.07) is 5.36. The first-order chi connectivity index (χ1) is 9.50. The van der Waals surface area contributed by atoms with E-state index in [2.05, 4.69) is 5.32 Å². The second kappa shape index (κ2) is 6.49. The molecule has 0 saturated carbocycles. The number of halogens is 2. The SMILES string of the molecule is O=S(=O)(c1ccc(NCCC2CCCO2)cc1)C(F)F.